The quantitative estimate of drug-likeness (QED) is 0.884. The van der Waals surface area contributed by atoms with E-state index in [4.69, 9.17) is 16.7 Å². The maximum Gasteiger partial charge on any atom is 0.303 e. The number of aromatic nitrogens is 1. The molecule has 0 bridgehead atoms. The van der Waals surface area contributed by atoms with Crippen LogP contribution in [0.1, 0.15) is 36.4 Å². The number of para-hydroxylation sites is 1. The van der Waals surface area contributed by atoms with Gasteiger partial charge in [0.2, 0.25) is 0 Å². The first-order chi connectivity index (χ1) is 9.08. The van der Waals surface area contributed by atoms with Gasteiger partial charge in [-0.2, -0.15) is 0 Å². The summed E-state index contributed by atoms with van der Waals surface area (Å²) >= 11 is 6.20. The fraction of sp³-hybridized carbons (Fsp3) is 0.400. The van der Waals surface area contributed by atoms with Crippen molar-refractivity contribution in [1.29, 1.82) is 0 Å². The van der Waals surface area contributed by atoms with Crippen LogP contribution in [-0.4, -0.2) is 16.1 Å². The average Bonchev–Trinajstić information content (AvgIpc) is 3.11. The van der Waals surface area contributed by atoms with Gasteiger partial charge < -0.3 is 10.1 Å². The molecule has 1 aromatic heterocycles. The molecule has 1 unspecified atom stereocenters. The number of H-pyrrole nitrogens is 1. The zero-order valence-electron chi connectivity index (χ0n) is 10.7. The van der Waals surface area contributed by atoms with Crippen molar-refractivity contribution in [3.63, 3.8) is 0 Å². The number of halogens is 1. The summed E-state index contributed by atoms with van der Waals surface area (Å²) in [5.41, 5.74) is 3.11. The molecule has 1 saturated carbocycles. The van der Waals surface area contributed by atoms with E-state index in [0.29, 0.717) is 10.9 Å². The lowest BCUT2D eigenvalue weighted by Crippen LogP contribution is -2.09. The van der Waals surface area contributed by atoms with Gasteiger partial charge in [0, 0.05) is 11.1 Å². The first kappa shape index (κ1) is 12.5. The largest absolute Gasteiger partial charge is 0.481 e. The van der Waals surface area contributed by atoms with E-state index < -0.39 is 5.97 Å². The molecular weight excluding hydrogens is 262 g/mol. The highest BCUT2D eigenvalue weighted by atomic mass is 35.5. The van der Waals surface area contributed by atoms with E-state index >= 15 is 0 Å². The Kier molecular flexibility index (Phi) is 3.02. The van der Waals surface area contributed by atoms with Gasteiger partial charge in [-0.05, 0) is 43.2 Å². The molecule has 4 heteroatoms. The molecule has 1 aromatic carbocycles. The molecule has 1 aliphatic rings. The predicted molar refractivity (Wildman–Crippen MR) is 75.8 cm³/mol. The van der Waals surface area contributed by atoms with Crippen molar-refractivity contribution in [1.82, 2.24) is 4.98 Å². The van der Waals surface area contributed by atoms with E-state index in [1.807, 2.05) is 25.1 Å². The molecule has 0 aliphatic heterocycles. The van der Waals surface area contributed by atoms with Crippen LogP contribution >= 0.6 is 11.6 Å². The highest BCUT2D eigenvalue weighted by Crippen LogP contribution is 2.47. The summed E-state index contributed by atoms with van der Waals surface area (Å²) in [6.45, 7) is 2.00. The van der Waals surface area contributed by atoms with Gasteiger partial charge in [0.05, 0.1) is 17.0 Å². The van der Waals surface area contributed by atoms with Crippen LogP contribution in [0, 0.1) is 12.8 Å². The second-order valence-electron chi connectivity index (χ2n) is 5.37. The summed E-state index contributed by atoms with van der Waals surface area (Å²) in [6, 6.07) is 5.80. The van der Waals surface area contributed by atoms with Crippen LogP contribution < -0.4 is 0 Å². The maximum absolute atomic E-state index is 11.1. The number of carboxylic acid groups (broad SMARTS) is 1. The lowest BCUT2D eigenvalue weighted by Gasteiger charge is -2.14. The fourth-order valence-corrected chi connectivity index (χ4v) is 3.22. The first-order valence-corrected chi connectivity index (χ1v) is 6.94. The molecule has 1 atom stereocenters. The van der Waals surface area contributed by atoms with Gasteiger partial charge in [-0.15, -0.1) is 0 Å². The summed E-state index contributed by atoms with van der Waals surface area (Å²) in [6.07, 6.45) is 2.46. The van der Waals surface area contributed by atoms with Crippen molar-refractivity contribution in [2.24, 2.45) is 5.92 Å². The molecule has 1 fully saturated rings. The Bertz CT molecular complexity index is 643. The zero-order valence-corrected chi connectivity index (χ0v) is 11.5. The van der Waals surface area contributed by atoms with Gasteiger partial charge in [0.1, 0.15) is 0 Å². The van der Waals surface area contributed by atoms with Crippen LogP contribution in [0.3, 0.4) is 0 Å². The van der Waals surface area contributed by atoms with Gasteiger partial charge >= 0.3 is 5.97 Å². The summed E-state index contributed by atoms with van der Waals surface area (Å²) in [7, 11) is 0. The van der Waals surface area contributed by atoms with Gasteiger partial charge in [-0.1, -0.05) is 23.7 Å². The topological polar surface area (TPSA) is 53.1 Å². The Balaban J connectivity index is 2.14. The van der Waals surface area contributed by atoms with Crippen LogP contribution in [0.25, 0.3) is 10.9 Å². The van der Waals surface area contributed by atoms with Crippen molar-refractivity contribution in [2.45, 2.75) is 32.1 Å². The molecule has 2 aromatic rings. The van der Waals surface area contributed by atoms with E-state index in [9.17, 15) is 4.79 Å². The summed E-state index contributed by atoms with van der Waals surface area (Å²) in [4.78, 5) is 14.4. The van der Waals surface area contributed by atoms with E-state index in [2.05, 4.69) is 4.98 Å². The van der Waals surface area contributed by atoms with Crippen LogP contribution in [0.15, 0.2) is 18.2 Å². The molecule has 3 nitrogen and oxygen atoms in total. The first-order valence-electron chi connectivity index (χ1n) is 6.56. The van der Waals surface area contributed by atoms with E-state index in [-0.39, 0.29) is 12.3 Å². The fourth-order valence-electron chi connectivity index (χ4n) is 3.00. The number of benzene rings is 1. The summed E-state index contributed by atoms with van der Waals surface area (Å²) < 4.78 is 0. The second-order valence-corrected chi connectivity index (χ2v) is 5.78. The molecule has 1 aliphatic carbocycles. The number of aryl methyl sites for hydroxylation is 1. The van der Waals surface area contributed by atoms with Crippen molar-refractivity contribution in [2.75, 3.05) is 0 Å². The minimum absolute atomic E-state index is 0.102. The van der Waals surface area contributed by atoms with E-state index in [1.165, 1.54) is 0 Å². The third kappa shape index (κ3) is 2.23. The second kappa shape index (κ2) is 4.57. The average molecular weight is 278 g/mol. The number of carboxylic acids is 1. The third-order valence-electron chi connectivity index (χ3n) is 3.98. The maximum atomic E-state index is 11.1. The molecule has 100 valence electrons. The number of hydrogen-bond donors (Lipinski definition) is 2. The van der Waals surface area contributed by atoms with Crippen molar-refractivity contribution in [3.8, 4) is 0 Å². The van der Waals surface area contributed by atoms with Gasteiger partial charge in [-0.3, -0.25) is 4.79 Å². The van der Waals surface area contributed by atoms with Crippen molar-refractivity contribution < 1.29 is 9.90 Å². The molecule has 0 spiro atoms. The molecule has 0 amide bonds. The third-order valence-corrected chi connectivity index (χ3v) is 4.29. The van der Waals surface area contributed by atoms with Crippen molar-refractivity contribution >= 4 is 28.5 Å². The SMILES string of the molecule is Cc1[nH]c2c(Cl)cccc2c1C(CC(=O)O)C1CC1. The van der Waals surface area contributed by atoms with E-state index in [1.54, 1.807) is 0 Å². The van der Waals surface area contributed by atoms with Crippen LogP contribution in [-0.2, 0) is 4.79 Å². The van der Waals surface area contributed by atoms with Crippen LogP contribution in [0.2, 0.25) is 5.02 Å². The number of nitrogens with one attached hydrogen (secondary N) is 1. The monoisotopic (exact) mass is 277 g/mol. The predicted octanol–water partition coefficient (Wildman–Crippen LogP) is 4.10. The Morgan fingerprint density at radius 2 is 2.26 bits per heavy atom. The van der Waals surface area contributed by atoms with Gasteiger partial charge in [-0.25, -0.2) is 0 Å². The molecule has 2 N–H and O–H groups in total. The normalized spacial score (nSPS) is 16.7. The van der Waals surface area contributed by atoms with Gasteiger partial charge in [0.25, 0.3) is 0 Å². The highest BCUT2D eigenvalue weighted by molar-refractivity contribution is 6.35. The lowest BCUT2D eigenvalue weighted by atomic mass is 9.89. The van der Waals surface area contributed by atoms with E-state index in [0.717, 1.165) is 35.0 Å². The smallest absolute Gasteiger partial charge is 0.303 e. The van der Waals surface area contributed by atoms with Gasteiger partial charge in [0.15, 0.2) is 0 Å². The summed E-state index contributed by atoms with van der Waals surface area (Å²) in [5.74, 6) is -0.120. The Labute approximate surface area is 116 Å². The highest BCUT2D eigenvalue weighted by Gasteiger charge is 2.36. The minimum atomic E-state index is -0.729. The lowest BCUT2D eigenvalue weighted by molar-refractivity contribution is -0.137. The molecule has 19 heavy (non-hydrogen) atoms. The number of rotatable bonds is 4. The van der Waals surface area contributed by atoms with Crippen LogP contribution in [0.4, 0.5) is 0 Å². The number of fused-ring (bicyclic) bond motifs is 1. The Morgan fingerprint density at radius 3 is 2.89 bits per heavy atom. The number of aromatic amines is 1. The number of aliphatic carboxylic acids is 1. The Morgan fingerprint density at radius 1 is 1.53 bits per heavy atom. The molecular formula is C15H16ClNO2. The number of carbonyl (C=O) groups is 1. The zero-order chi connectivity index (χ0) is 13.6. The van der Waals surface area contributed by atoms with Crippen LogP contribution in [0.5, 0.6) is 0 Å². The molecule has 3 rings (SSSR count). The molecule has 1 heterocycles. The summed E-state index contributed by atoms with van der Waals surface area (Å²) in [5, 5.41) is 10.9. The Hall–Kier alpha value is -1.48. The number of hydrogen-bond acceptors (Lipinski definition) is 1. The molecule has 0 saturated heterocycles. The molecule has 0 radical (unpaired) electrons. The van der Waals surface area contributed by atoms with Crippen molar-refractivity contribution in [3.05, 3.63) is 34.5 Å². The standard InChI is InChI=1S/C15H16ClNO2/c1-8-14(11(7-13(18)19)9-5-6-9)10-3-2-4-12(16)15(10)17-8/h2-4,9,11,17H,5-7H2,1H3,(H,18,19). The minimum Gasteiger partial charge on any atom is -0.481 e.